The van der Waals surface area contributed by atoms with Crippen LogP contribution in [0.25, 0.3) is 22.0 Å². The van der Waals surface area contributed by atoms with E-state index in [0.29, 0.717) is 0 Å². The van der Waals surface area contributed by atoms with Gasteiger partial charge >= 0.3 is 22.9 Å². The van der Waals surface area contributed by atoms with Crippen molar-refractivity contribution in [3.8, 4) is 11.3 Å². The maximum Gasteiger partial charge on any atom is 0.354 e. The van der Waals surface area contributed by atoms with E-state index in [2.05, 4.69) is 108 Å². The first-order valence-electron chi connectivity index (χ1n) is 7.59. The lowest BCUT2D eigenvalue weighted by Crippen LogP contribution is -2.22. The van der Waals surface area contributed by atoms with Crippen LogP contribution in [0.15, 0.2) is 54.7 Å². The van der Waals surface area contributed by atoms with E-state index in [1.807, 2.05) is 0 Å². The molecule has 0 atom stereocenters. The molecule has 0 bridgehead atoms. The maximum absolute atomic E-state index is 2.37. The third-order valence-corrected chi connectivity index (χ3v) is 4.98. The summed E-state index contributed by atoms with van der Waals surface area (Å²) in [6, 6.07) is 17.7. The summed E-state index contributed by atoms with van der Waals surface area (Å²) in [4.78, 5) is 0. The van der Waals surface area contributed by atoms with Gasteiger partial charge in [-0.3, -0.25) is 0 Å². The summed E-state index contributed by atoms with van der Waals surface area (Å²) in [5.74, 6) is 0. The van der Waals surface area contributed by atoms with Gasteiger partial charge in [-0.1, -0.05) is 51.1 Å². The largest absolute Gasteiger partial charge is 0.354 e. The fourth-order valence-corrected chi connectivity index (χ4v) is 3.50. The van der Waals surface area contributed by atoms with Crippen molar-refractivity contribution in [3.63, 3.8) is 0 Å². The predicted molar refractivity (Wildman–Crippen MR) is 102 cm³/mol. The first-order valence-corrected chi connectivity index (χ1v) is 8.55. The zero-order valence-electron chi connectivity index (χ0n) is 13.5. The number of benzene rings is 2. The number of nitrogens with zero attached hydrogens (tertiary/aromatic N) is 1. The first kappa shape index (κ1) is 15.5. The highest BCUT2D eigenvalue weighted by atomic mass is 127. The number of halogens is 1. The average molecular weight is 402 g/mol. The van der Waals surface area contributed by atoms with Crippen molar-refractivity contribution in [3.05, 3.63) is 65.9 Å². The van der Waals surface area contributed by atoms with E-state index in [1.54, 1.807) is 0 Å². The van der Waals surface area contributed by atoms with Crippen molar-refractivity contribution in [2.24, 2.45) is 0 Å². The number of hydrogen-bond donors (Lipinski definition) is 0. The van der Waals surface area contributed by atoms with Gasteiger partial charge < -0.3 is 0 Å². The standard InChI is InChI=1S/C20H21IN/c1-14-7-5-6-8-17(14)19-18-10-9-16(20(2,3)4)13-15(18)11-12-22(19)21/h5-13H,1-4H3/q+1. The molecule has 22 heavy (non-hydrogen) atoms. The molecule has 2 aromatic carbocycles. The highest BCUT2D eigenvalue weighted by Crippen LogP contribution is 2.31. The number of aryl methyl sites for hydroxylation is 1. The van der Waals surface area contributed by atoms with E-state index >= 15 is 0 Å². The molecule has 0 spiro atoms. The van der Waals surface area contributed by atoms with Gasteiger partial charge in [0.05, 0.1) is 10.9 Å². The van der Waals surface area contributed by atoms with Crippen molar-refractivity contribution in [2.45, 2.75) is 33.1 Å². The molecule has 0 aliphatic heterocycles. The van der Waals surface area contributed by atoms with Crippen LogP contribution in [-0.2, 0) is 5.41 Å². The summed E-state index contributed by atoms with van der Waals surface area (Å²) < 4.78 is 2.19. The summed E-state index contributed by atoms with van der Waals surface area (Å²) in [5.41, 5.74) is 5.43. The van der Waals surface area contributed by atoms with Crippen LogP contribution in [0.1, 0.15) is 31.9 Å². The van der Waals surface area contributed by atoms with Crippen molar-refractivity contribution < 1.29 is 2.78 Å². The third-order valence-electron chi connectivity index (χ3n) is 4.17. The molecule has 0 aliphatic carbocycles. The Morgan fingerprint density at radius 3 is 2.36 bits per heavy atom. The molecule has 0 fully saturated rings. The van der Waals surface area contributed by atoms with E-state index in [1.165, 1.54) is 33.2 Å². The minimum atomic E-state index is 0.174. The van der Waals surface area contributed by atoms with Gasteiger partial charge in [-0.05, 0) is 41.0 Å². The second-order valence-corrected chi connectivity index (χ2v) is 7.88. The molecule has 0 aliphatic rings. The maximum atomic E-state index is 2.37. The molecule has 1 nitrogen and oxygen atoms in total. The SMILES string of the molecule is Cc1ccccc1-c1c2ccc(C(C)(C)C)cc2cc[n+]1I. The van der Waals surface area contributed by atoms with Gasteiger partial charge in [0, 0.05) is 6.07 Å². The Morgan fingerprint density at radius 2 is 1.68 bits per heavy atom. The molecule has 0 radical (unpaired) electrons. The van der Waals surface area contributed by atoms with E-state index in [0.717, 1.165) is 0 Å². The minimum Gasteiger partial charge on any atom is -0.136 e. The Kier molecular flexibility index (Phi) is 3.98. The fraction of sp³-hybridized carbons (Fsp3) is 0.250. The Morgan fingerprint density at radius 1 is 0.955 bits per heavy atom. The van der Waals surface area contributed by atoms with Crippen molar-refractivity contribution in [1.82, 2.24) is 0 Å². The van der Waals surface area contributed by atoms with Crippen molar-refractivity contribution in [1.29, 1.82) is 0 Å². The first-order chi connectivity index (χ1) is 10.4. The Labute approximate surface area is 146 Å². The Hall–Kier alpha value is -1.42. The van der Waals surface area contributed by atoms with Gasteiger partial charge in [-0.25, -0.2) is 0 Å². The summed E-state index contributed by atoms with van der Waals surface area (Å²) in [6.07, 6.45) is 2.15. The molecule has 3 rings (SSSR count). The molecule has 0 saturated carbocycles. The van der Waals surface area contributed by atoms with Gasteiger partial charge in [0.1, 0.15) is 0 Å². The lowest BCUT2D eigenvalue weighted by Gasteiger charge is -2.19. The second-order valence-electron chi connectivity index (χ2n) is 6.84. The molecule has 1 aromatic heterocycles. The summed E-state index contributed by atoms with van der Waals surface area (Å²) in [6.45, 7) is 8.96. The van der Waals surface area contributed by atoms with Gasteiger partial charge in [-0.15, -0.1) is 2.78 Å². The quantitative estimate of drug-likeness (QED) is 0.467. The number of pyridine rings is 1. The van der Waals surface area contributed by atoms with Crippen LogP contribution >= 0.6 is 22.9 Å². The van der Waals surface area contributed by atoms with Crippen molar-refractivity contribution >= 4 is 33.6 Å². The van der Waals surface area contributed by atoms with Crippen molar-refractivity contribution in [2.75, 3.05) is 0 Å². The molecule has 1 heterocycles. The van der Waals surface area contributed by atoms with Crippen LogP contribution in [0.2, 0.25) is 0 Å². The summed E-state index contributed by atoms with van der Waals surface area (Å²) >= 11 is 2.37. The second kappa shape index (κ2) is 5.65. The monoisotopic (exact) mass is 402 g/mol. The molecular weight excluding hydrogens is 381 g/mol. The molecule has 2 heteroatoms. The third kappa shape index (κ3) is 2.76. The van der Waals surface area contributed by atoms with Crippen LogP contribution in [-0.4, -0.2) is 0 Å². The Bertz CT molecular complexity index is 844. The normalized spacial score (nSPS) is 11.9. The minimum absolute atomic E-state index is 0.174. The molecule has 0 saturated heterocycles. The molecule has 0 unspecified atom stereocenters. The zero-order chi connectivity index (χ0) is 15.9. The highest BCUT2D eigenvalue weighted by Gasteiger charge is 2.20. The smallest absolute Gasteiger partial charge is 0.136 e. The van der Waals surface area contributed by atoms with E-state index < -0.39 is 0 Å². The molecule has 0 N–H and O–H groups in total. The molecule has 3 aromatic rings. The van der Waals surface area contributed by atoms with Crippen LogP contribution < -0.4 is 2.78 Å². The molecule has 0 amide bonds. The van der Waals surface area contributed by atoms with Crippen LogP contribution in [0.5, 0.6) is 0 Å². The average Bonchev–Trinajstić information content (AvgIpc) is 2.47. The predicted octanol–water partition coefficient (Wildman–Crippen LogP) is 5.60. The molecular formula is C20H21IN+. The van der Waals surface area contributed by atoms with E-state index in [4.69, 9.17) is 0 Å². The van der Waals surface area contributed by atoms with Crippen LogP contribution in [0, 0.1) is 6.92 Å². The van der Waals surface area contributed by atoms with Gasteiger partial charge in [0.15, 0.2) is 6.20 Å². The number of hydrogen-bond acceptors (Lipinski definition) is 0. The van der Waals surface area contributed by atoms with Crippen LogP contribution in [0.4, 0.5) is 0 Å². The number of aromatic nitrogens is 1. The lowest BCUT2D eigenvalue weighted by atomic mass is 9.85. The summed E-state index contributed by atoms with van der Waals surface area (Å²) in [7, 11) is 0. The van der Waals surface area contributed by atoms with E-state index in [9.17, 15) is 0 Å². The molecule has 112 valence electrons. The zero-order valence-corrected chi connectivity index (χ0v) is 15.7. The van der Waals surface area contributed by atoms with Gasteiger partial charge in [0.25, 0.3) is 0 Å². The van der Waals surface area contributed by atoms with E-state index in [-0.39, 0.29) is 5.41 Å². The summed E-state index contributed by atoms with van der Waals surface area (Å²) in [5, 5.41) is 2.61. The van der Waals surface area contributed by atoms with Gasteiger partial charge in [-0.2, -0.15) is 0 Å². The lowest BCUT2D eigenvalue weighted by molar-refractivity contribution is -0.425. The highest BCUT2D eigenvalue weighted by molar-refractivity contribution is 14.1. The fourth-order valence-electron chi connectivity index (χ4n) is 2.82. The Balaban J connectivity index is 2.31. The topological polar surface area (TPSA) is 3.88 Å². The number of fused-ring (bicyclic) bond motifs is 1. The van der Waals surface area contributed by atoms with Gasteiger partial charge in [0.2, 0.25) is 5.69 Å². The van der Waals surface area contributed by atoms with Crippen LogP contribution in [0.3, 0.4) is 0 Å². The number of rotatable bonds is 1.